The number of unbranched alkanes of at least 4 members (excludes halogenated alkanes) is 1. The number of rotatable bonds is 15. The van der Waals surface area contributed by atoms with Gasteiger partial charge < -0.3 is 29.9 Å². The second kappa shape index (κ2) is 16.1. The van der Waals surface area contributed by atoms with Crippen LogP contribution in [0.2, 0.25) is 0 Å². The average molecular weight is 581 g/mol. The van der Waals surface area contributed by atoms with E-state index in [1.54, 1.807) is 11.8 Å². The number of hydrogen-bond donors (Lipinski definition) is 4. The average Bonchev–Trinajstić information content (AvgIpc) is 2.93. The Bertz CT molecular complexity index is 1050. The SMILES string of the molecule is O=C(CCCCC(CCS(=O)Cc1ccccc1)SCc1ccccc1)OC1OC(C(=O)O)C(O)C(O)C1O. The zero-order valence-electron chi connectivity index (χ0n) is 21.5. The van der Waals surface area contributed by atoms with Gasteiger partial charge in [-0.3, -0.25) is 9.00 Å². The first kappa shape index (κ1) is 31.3. The smallest absolute Gasteiger partial charge is 0.335 e. The molecule has 4 N–H and O–H groups in total. The summed E-state index contributed by atoms with van der Waals surface area (Å²) in [5, 5.41) is 39.0. The summed E-state index contributed by atoms with van der Waals surface area (Å²) >= 11 is 1.80. The van der Waals surface area contributed by atoms with Crippen molar-refractivity contribution in [2.24, 2.45) is 0 Å². The Hall–Kier alpha value is -2.28. The molecule has 1 aliphatic heterocycles. The molecule has 0 saturated carbocycles. The monoisotopic (exact) mass is 580 g/mol. The van der Waals surface area contributed by atoms with Gasteiger partial charge in [-0.1, -0.05) is 67.1 Å². The summed E-state index contributed by atoms with van der Waals surface area (Å²) in [4.78, 5) is 23.5. The van der Waals surface area contributed by atoms with Gasteiger partial charge in [0.2, 0.25) is 6.29 Å². The fourth-order valence-corrected chi connectivity index (χ4v) is 6.82. The Morgan fingerprint density at radius 1 is 0.897 bits per heavy atom. The van der Waals surface area contributed by atoms with Crippen LogP contribution in [-0.2, 0) is 41.4 Å². The predicted octanol–water partition coefficient (Wildman–Crippen LogP) is 2.62. The molecule has 1 heterocycles. The highest BCUT2D eigenvalue weighted by atomic mass is 32.2. The van der Waals surface area contributed by atoms with Crippen LogP contribution in [0.5, 0.6) is 0 Å². The maximum atomic E-state index is 12.7. The first-order chi connectivity index (χ1) is 18.7. The molecule has 7 unspecified atom stereocenters. The summed E-state index contributed by atoms with van der Waals surface area (Å²) in [7, 11) is -0.979. The number of esters is 1. The van der Waals surface area contributed by atoms with Gasteiger partial charge in [0, 0.05) is 39.7 Å². The van der Waals surface area contributed by atoms with E-state index in [9.17, 15) is 29.1 Å². The molecule has 1 saturated heterocycles. The van der Waals surface area contributed by atoms with Crippen LogP contribution in [-0.4, -0.2) is 78.3 Å². The molecule has 0 aromatic heterocycles. The van der Waals surface area contributed by atoms with E-state index in [1.807, 2.05) is 48.5 Å². The van der Waals surface area contributed by atoms with Gasteiger partial charge in [-0.25, -0.2) is 4.79 Å². The number of aliphatic carboxylic acids is 1. The number of benzene rings is 2. The van der Waals surface area contributed by atoms with Crippen molar-refractivity contribution in [2.45, 2.75) is 79.6 Å². The Morgan fingerprint density at radius 2 is 1.54 bits per heavy atom. The third kappa shape index (κ3) is 10.3. The van der Waals surface area contributed by atoms with Crippen LogP contribution in [0.3, 0.4) is 0 Å². The van der Waals surface area contributed by atoms with Gasteiger partial charge >= 0.3 is 11.9 Å². The maximum Gasteiger partial charge on any atom is 0.335 e. The van der Waals surface area contributed by atoms with Crippen molar-refractivity contribution in [3.05, 3.63) is 71.8 Å². The minimum Gasteiger partial charge on any atom is -0.479 e. The molecule has 11 heteroatoms. The minimum atomic E-state index is -1.85. The van der Waals surface area contributed by atoms with Crippen molar-refractivity contribution in [3.8, 4) is 0 Å². The molecule has 1 fully saturated rings. The summed E-state index contributed by atoms with van der Waals surface area (Å²) in [5.41, 5.74) is 2.26. The fourth-order valence-electron chi connectivity index (χ4n) is 4.17. The van der Waals surface area contributed by atoms with Crippen molar-refractivity contribution in [1.82, 2.24) is 0 Å². The van der Waals surface area contributed by atoms with E-state index in [2.05, 4.69) is 12.1 Å². The highest BCUT2D eigenvalue weighted by Gasteiger charge is 2.48. The molecular weight excluding hydrogens is 544 g/mol. The van der Waals surface area contributed by atoms with Gasteiger partial charge in [-0.2, -0.15) is 11.8 Å². The van der Waals surface area contributed by atoms with Crippen molar-refractivity contribution in [3.63, 3.8) is 0 Å². The van der Waals surface area contributed by atoms with Crippen LogP contribution >= 0.6 is 11.8 Å². The zero-order valence-corrected chi connectivity index (χ0v) is 23.2. The Kier molecular flexibility index (Phi) is 12.9. The second-order valence-electron chi connectivity index (χ2n) is 9.45. The van der Waals surface area contributed by atoms with Gasteiger partial charge in [-0.15, -0.1) is 0 Å². The van der Waals surface area contributed by atoms with Gasteiger partial charge in [0.1, 0.15) is 18.3 Å². The molecule has 2 aromatic carbocycles. The molecule has 9 nitrogen and oxygen atoms in total. The van der Waals surface area contributed by atoms with E-state index in [1.165, 1.54) is 5.56 Å². The lowest BCUT2D eigenvalue weighted by molar-refractivity contribution is -0.286. The Morgan fingerprint density at radius 3 is 2.18 bits per heavy atom. The lowest BCUT2D eigenvalue weighted by atomic mass is 9.99. The number of aliphatic hydroxyl groups excluding tert-OH is 3. The molecule has 1 aliphatic rings. The predicted molar refractivity (Wildman–Crippen MR) is 148 cm³/mol. The maximum absolute atomic E-state index is 12.7. The number of carbonyl (C=O) groups excluding carboxylic acids is 1. The van der Waals surface area contributed by atoms with E-state index >= 15 is 0 Å². The largest absolute Gasteiger partial charge is 0.479 e. The van der Waals surface area contributed by atoms with Gasteiger partial charge in [0.05, 0.1) is 0 Å². The minimum absolute atomic E-state index is 0.0129. The lowest BCUT2D eigenvalue weighted by Crippen LogP contribution is -2.60. The molecule has 2 aromatic rings. The van der Waals surface area contributed by atoms with Crippen LogP contribution in [0.25, 0.3) is 0 Å². The summed E-state index contributed by atoms with van der Waals surface area (Å²) < 4.78 is 22.7. The summed E-state index contributed by atoms with van der Waals surface area (Å²) in [6.07, 6.45) is -6.16. The molecule has 0 aliphatic carbocycles. The molecule has 0 amide bonds. The van der Waals surface area contributed by atoms with Crippen LogP contribution in [0, 0.1) is 0 Å². The van der Waals surface area contributed by atoms with Crippen LogP contribution in [0.15, 0.2) is 60.7 Å². The van der Waals surface area contributed by atoms with Crippen molar-refractivity contribution < 1.29 is 43.7 Å². The number of thioether (sulfide) groups is 1. The van der Waals surface area contributed by atoms with E-state index in [-0.39, 0.29) is 11.7 Å². The number of ether oxygens (including phenoxy) is 2. The quantitative estimate of drug-likeness (QED) is 0.183. The van der Waals surface area contributed by atoms with Gasteiger partial charge in [0.15, 0.2) is 6.10 Å². The van der Waals surface area contributed by atoms with Crippen LogP contribution in [0.1, 0.15) is 43.2 Å². The summed E-state index contributed by atoms with van der Waals surface area (Å²) in [6, 6.07) is 19.9. The molecule has 0 spiro atoms. The number of carboxylic acids is 1. The number of aliphatic hydroxyl groups is 3. The second-order valence-corrected chi connectivity index (χ2v) is 12.3. The molecule has 3 rings (SSSR count). The highest BCUT2D eigenvalue weighted by Crippen LogP contribution is 2.27. The molecule has 39 heavy (non-hydrogen) atoms. The van der Waals surface area contributed by atoms with Gasteiger partial charge in [0.25, 0.3) is 0 Å². The Labute approximate surface area is 235 Å². The number of carbonyl (C=O) groups is 2. The third-order valence-electron chi connectivity index (χ3n) is 6.38. The third-order valence-corrected chi connectivity index (χ3v) is 9.17. The molecule has 0 bridgehead atoms. The van der Waals surface area contributed by atoms with Crippen molar-refractivity contribution in [2.75, 3.05) is 5.75 Å². The zero-order chi connectivity index (χ0) is 28.2. The topological polar surface area (TPSA) is 151 Å². The molecule has 7 atom stereocenters. The van der Waals surface area contributed by atoms with E-state index in [0.717, 1.165) is 24.2 Å². The summed E-state index contributed by atoms with van der Waals surface area (Å²) in [5.74, 6) is -0.317. The fraction of sp³-hybridized carbons (Fsp3) is 0.500. The van der Waals surface area contributed by atoms with Gasteiger partial charge in [-0.05, 0) is 30.4 Å². The first-order valence-corrected chi connectivity index (χ1v) is 15.4. The molecule has 214 valence electrons. The van der Waals surface area contributed by atoms with E-state index in [0.29, 0.717) is 24.3 Å². The van der Waals surface area contributed by atoms with Crippen molar-refractivity contribution >= 4 is 34.5 Å². The van der Waals surface area contributed by atoms with Crippen molar-refractivity contribution in [1.29, 1.82) is 0 Å². The van der Waals surface area contributed by atoms with E-state index in [4.69, 9.17) is 14.6 Å². The Balaban J connectivity index is 1.45. The highest BCUT2D eigenvalue weighted by molar-refractivity contribution is 7.99. The van der Waals surface area contributed by atoms with E-state index < -0.39 is 53.4 Å². The van der Waals surface area contributed by atoms with Crippen LogP contribution < -0.4 is 0 Å². The normalized spacial score (nSPS) is 24.5. The first-order valence-electron chi connectivity index (χ1n) is 12.9. The molecular formula is C28H36O9S2. The lowest BCUT2D eigenvalue weighted by Gasteiger charge is -2.37. The van der Waals surface area contributed by atoms with Crippen LogP contribution in [0.4, 0.5) is 0 Å². The number of carboxylic acid groups (broad SMARTS) is 1. The standard InChI is InChI=1S/C28H36O9S2/c29-22(36-28-25(32)23(30)24(31)26(37-28)27(33)34)14-8-7-13-21(38-17-19-9-3-1-4-10-19)15-16-39(35)18-20-11-5-2-6-12-20/h1-6,9-12,21,23-26,28,30-32H,7-8,13-18H2,(H,33,34). The molecule has 0 radical (unpaired) electrons. The number of hydrogen-bond acceptors (Lipinski definition) is 9. The summed E-state index contributed by atoms with van der Waals surface area (Å²) in [6.45, 7) is 0.